The van der Waals surface area contributed by atoms with Crippen LogP contribution in [0.4, 0.5) is 10.2 Å². The van der Waals surface area contributed by atoms with Crippen molar-refractivity contribution in [3.63, 3.8) is 0 Å². The molecule has 0 bridgehead atoms. The van der Waals surface area contributed by atoms with Crippen LogP contribution in [-0.4, -0.2) is 41.0 Å². The van der Waals surface area contributed by atoms with Gasteiger partial charge >= 0.3 is 0 Å². The van der Waals surface area contributed by atoms with Crippen molar-refractivity contribution in [2.75, 3.05) is 25.2 Å². The van der Waals surface area contributed by atoms with Crippen LogP contribution >= 0.6 is 11.6 Å². The van der Waals surface area contributed by atoms with E-state index >= 15 is 0 Å². The number of likely N-dealkylation sites (tertiary alicyclic amines) is 1. The largest absolute Gasteiger partial charge is 0.454 e. The fourth-order valence-corrected chi connectivity index (χ4v) is 4.89. The fraction of sp³-hybridized carbons (Fsp3) is 0.304. The van der Waals surface area contributed by atoms with E-state index in [-0.39, 0.29) is 5.82 Å². The Kier molecular flexibility index (Phi) is 4.47. The minimum atomic E-state index is -0.348. The summed E-state index contributed by atoms with van der Waals surface area (Å²) >= 11 is 6.16. The maximum absolute atomic E-state index is 13.5. The molecular weight excluding hydrogens is 419 g/mol. The summed E-state index contributed by atoms with van der Waals surface area (Å²) in [7, 11) is 0. The molecule has 3 aliphatic rings. The van der Waals surface area contributed by atoms with E-state index in [4.69, 9.17) is 21.1 Å². The van der Waals surface area contributed by atoms with E-state index in [0.29, 0.717) is 41.0 Å². The van der Waals surface area contributed by atoms with Crippen molar-refractivity contribution in [2.45, 2.75) is 12.6 Å². The van der Waals surface area contributed by atoms with Crippen molar-refractivity contribution >= 4 is 17.4 Å². The summed E-state index contributed by atoms with van der Waals surface area (Å²) in [6, 6.07) is 14.5. The van der Waals surface area contributed by atoms with Gasteiger partial charge in [-0.05, 0) is 59.9 Å². The molecule has 0 spiro atoms. The lowest BCUT2D eigenvalue weighted by Crippen LogP contribution is -2.27. The van der Waals surface area contributed by atoms with Crippen LogP contribution in [0.15, 0.2) is 48.5 Å². The molecule has 0 radical (unpaired) electrons. The molecule has 1 saturated carbocycles. The number of benzene rings is 2. The van der Waals surface area contributed by atoms with Gasteiger partial charge in [0.2, 0.25) is 6.79 Å². The van der Waals surface area contributed by atoms with Gasteiger partial charge in [-0.2, -0.15) is 0 Å². The summed E-state index contributed by atoms with van der Waals surface area (Å²) in [5, 5.41) is 12.5. The number of aromatic nitrogens is 2. The number of nitrogens with zero attached hydrogens (tertiary/aromatic N) is 3. The van der Waals surface area contributed by atoms with Gasteiger partial charge in [-0.25, -0.2) is 4.39 Å². The molecule has 8 heteroatoms. The second-order valence-electron chi connectivity index (χ2n) is 8.31. The van der Waals surface area contributed by atoms with Crippen molar-refractivity contribution in [3.8, 4) is 22.8 Å². The first-order valence-corrected chi connectivity index (χ1v) is 10.7. The third-order valence-corrected chi connectivity index (χ3v) is 6.63. The van der Waals surface area contributed by atoms with Crippen LogP contribution in [0.25, 0.3) is 11.3 Å². The van der Waals surface area contributed by atoms with E-state index in [1.54, 1.807) is 0 Å². The van der Waals surface area contributed by atoms with Crippen LogP contribution in [0, 0.1) is 17.7 Å². The van der Waals surface area contributed by atoms with Crippen molar-refractivity contribution in [1.29, 1.82) is 0 Å². The predicted molar refractivity (Wildman–Crippen MR) is 115 cm³/mol. The zero-order valence-electron chi connectivity index (χ0n) is 16.6. The molecule has 0 amide bonds. The van der Waals surface area contributed by atoms with Crippen LogP contribution in [0.3, 0.4) is 0 Å². The van der Waals surface area contributed by atoms with Crippen molar-refractivity contribution in [2.24, 2.45) is 11.8 Å². The Morgan fingerprint density at radius 2 is 1.84 bits per heavy atom. The lowest BCUT2D eigenvalue weighted by atomic mass is 10.1. The van der Waals surface area contributed by atoms with Gasteiger partial charge < -0.3 is 14.8 Å². The molecule has 3 heterocycles. The first-order chi connectivity index (χ1) is 15.1. The summed E-state index contributed by atoms with van der Waals surface area (Å²) in [4.78, 5) is 2.48. The van der Waals surface area contributed by atoms with Gasteiger partial charge in [-0.15, -0.1) is 10.2 Å². The molecule has 158 valence electrons. The Morgan fingerprint density at radius 3 is 2.65 bits per heavy atom. The molecule has 1 saturated heterocycles. The van der Waals surface area contributed by atoms with Crippen LogP contribution in [-0.2, 0) is 6.54 Å². The quantitative estimate of drug-likeness (QED) is 0.644. The highest BCUT2D eigenvalue weighted by Gasteiger charge is 2.55. The van der Waals surface area contributed by atoms with Gasteiger partial charge in [-0.1, -0.05) is 17.7 Å². The maximum atomic E-state index is 13.5. The monoisotopic (exact) mass is 438 g/mol. The summed E-state index contributed by atoms with van der Waals surface area (Å²) < 4.78 is 24.4. The number of hydrogen-bond donors (Lipinski definition) is 1. The summed E-state index contributed by atoms with van der Waals surface area (Å²) in [6.45, 7) is 3.33. The second-order valence-corrected chi connectivity index (χ2v) is 8.71. The summed E-state index contributed by atoms with van der Waals surface area (Å²) in [5.74, 6) is 3.28. The van der Waals surface area contributed by atoms with Gasteiger partial charge in [0.15, 0.2) is 11.5 Å². The van der Waals surface area contributed by atoms with Crippen LogP contribution < -0.4 is 14.8 Å². The average Bonchev–Trinajstić information content (AvgIpc) is 3.14. The Bertz CT molecular complexity index is 1130. The summed E-state index contributed by atoms with van der Waals surface area (Å²) in [6.07, 6.45) is 0. The molecule has 2 fully saturated rings. The van der Waals surface area contributed by atoms with E-state index in [9.17, 15) is 4.39 Å². The van der Waals surface area contributed by atoms with E-state index in [0.717, 1.165) is 37.0 Å². The van der Waals surface area contributed by atoms with Gasteiger partial charge in [0.1, 0.15) is 11.6 Å². The molecule has 1 unspecified atom stereocenters. The van der Waals surface area contributed by atoms with Crippen molar-refractivity contribution < 1.29 is 13.9 Å². The second kappa shape index (κ2) is 7.35. The highest BCUT2D eigenvalue weighted by molar-refractivity contribution is 6.33. The number of hydrogen-bond acceptors (Lipinski definition) is 6. The summed E-state index contributed by atoms with van der Waals surface area (Å²) in [5.41, 5.74) is 2.34. The number of rotatable bonds is 5. The molecular formula is C23H20ClFN4O2. The first-order valence-electron chi connectivity index (χ1n) is 10.3. The van der Waals surface area contributed by atoms with Gasteiger partial charge in [0.25, 0.3) is 0 Å². The molecule has 1 aliphatic carbocycles. The smallest absolute Gasteiger partial charge is 0.231 e. The van der Waals surface area contributed by atoms with Gasteiger partial charge in [0, 0.05) is 31.2 Å². The van der Waals surface area contributed by atoms with Crippen LogP contribution in [0.1, 0.15) is 5.56 Å². The average molecular weight is 439 g/mol. The third-order valence-electron chi connectivity index (χ3n) is 6.30. The van der Waals surface area contributed by atoms with E-state index in [1.165, 1.54) is 23.8 Å². The minimum absolute atomic E-state index is 0.305. The van der Waals surface area contributed by atoms with Crippen molar-refractivity contribution in [3.05, 3.63) is 64.9 Å². The number of nitrogens with one attached hydrogen (secondary N) is 1. The number of halogens is 2. The predicted octanol–water partition coefficient (Wildman–Crippen LogP) is 4.21. The Labute approximate surface area is 183 Å². The molecule has 31 heavy (non-hydrogen) atoms. The van der Waals surface area contributed by atoms with Crippen molar-refractivity contribution in [1.82, 2.24) is 15.1 Å². The van der Waals surface area contributed by atoms with Gasteiger partial charge in [-0.3, -0.25) is 4.90 Å². The van der Waals surface area contributed by atoms with E-state index < -0.39 is 0 Å². The highest BCUT2D eigenvalue weighted by Crippen LogP contribution is 2.47. The number of anilines is 1. The fourth-order valence-electron chi connectivity index (χ4n) is 4.67. The molecule has 2 aliphatic heterocycles. The molecule has 3 atom stereocenters. The molecule has 6 rings (SSSR count). The molecule has 3 aromatic rings. The third kappa shape index (κ3) is 3.58. The van der Waals surface area contributed by atoms with E-state index in [1.807, 2.05) is 18.2 Å². The normalized spacial score (nSPS) is 23.6. The Hall–Kier alpha value is -2.90. The molecule has 2 aromatic carbocycles. The SMILES string of the molecule is Fc1ccc(Cl)c(-c2ccc(NC3[C@H]4CN(Cc5ccc6c(c5)OCO6)C[C@@H]34)nn2)c1. The van der Waals surface area contributed by atoms with Crippen LogP contribution in [0.5, 0.6) is 11.5 Å². The standard InChI is InChI=1S/C23H20ClFN4O2/c24-18-3-2-14(25)8-15(18)19-4-6-22(28-27-19)26-23-16-10-29(11-17(16)23)9-13-1-5-20-21(7-13)31-12-30-20/h1-8,16-17,23H,9-12H2,(H,26,28)/t16-,17+,23?. The van der Waals surface area contributed by atoms with E-state index in [2.05, 4.69) is 32.5 Å². The molecule has 1 N–H and O–H groups in total. The number of ether oxygens (including phenoxy) is 2. The zero-order chi connectivity index (χ0) is 20.9. The minimum Gasteiger partial charge on any atom is -0.454 e. The molecule has 6 nitrogen and oxygen atoms in total. The first kappa shape index (κ1) is 18.8. The molecule has 1 aromatic heterocycles. The van der Waals surface area contributed by atoms with Crippen LogP contribution in [0.2, 0.25) is 5.02 Å². The highest BCUT2D eigenvalue weighted by atomic mass is 35.5. The number of piperidine rings is 1. The number of fused-ring (bicyclic) bond motifs is 2. The zero-order valence-corrected chi connectivity index (χ0v) is 17.3. The Balaban J connectivity index is 1.05. The lowest BCUT2D eigenvalue weighted by molar-refractivity contribution is 0.174. The lowest BCUT2D eigenvalue weighted by Gasteiger charge is -2.20. The van der Waals surface area contributed by atoms with Gasteiger partial charge in [0.05, 0.1) is 10.7 Å². The maximum Gasteiger partial charge on any atom is 0.231 e. The Morgan fingerprint density at radius 1 is 1.00 bits per heavy atom. The topological polar surface area (TPSA) is 59.5 Å².